The molecule has 2 atom stereocenters. The molecule has 110 valence electrons. The van der Waals surface area contributed by atoms with E-state index in [0.29, 0.717) is 6.42 Å². The van der Waals surface area contributed by atoms with Crippen LogP contribution in [0.15, 0.2) is 24.5 Å². The van der Waals surface area contributed by atoms with Gasteiger partial charge in [-0.1, -0.05) is 0 Å². The summed E-state index contributed by atoms with van der Waals surface area (Å²) in [6.45, 7) is 2.03. The standard InChI is InChI=1S/C15H22N2O2S/c1-11(16)14(12-3-7-17-8-4-12)20-10-15(5-6-15)9-13(18)19-2/h3-4,7-8,11,14H,5-6,9-10,16H2,1-2H3. The molecule has 2 N–H and O–H groups in total. The molecule has 2 rings (SSSR count). The number of rotatable bonds is 7. The monoisotopic (exact) mass is 294 g/mol. The molecule has 1 saturated carbocycles. The highest BCUT2D eigenvalue weighted by Crippen LogP contribution is 2.53. The Hall–Kier alpha value is -1.07. The van der Waals surface area contributed by atoms with Crippen LogP contribution in [0.3, 0.4) is 0 Å². The zero-order valence-electron chi connectivity index (χ0n) is 12.0. The molecular formula is C15H22N2O2S. The Balaban J connectivity index is 1.95. The van der Waals surface area contributed by atoms with Crippen LogP contribution in [0.2, 0.25) is 0 Å². The normalized spacial score (nSPS) is 19.1. The first-order valence-corrected chi connectivity index (χ1v) is 7.95. The van der Waals surface area contributed by atoms with Crippen molar-refractivity contribution in [2.75, 3.05) is 12.9 Å². The second-order valence-corrected chi connectivity index (χ2v) is 6.75. The minimum atomic E-state index is -0.107. The molecule has 1 aliphatic rings. The Morgan fingerprint density at radius 1 is 1.50 bits per heavy atom. The average Bonchev–Trinajstić information content (AvgIpc) is 3.19. The molecule has 4 nitrogen and oxygen atoms in total. The molecule has 5 heteroatoms. The molecule has 0 aromatic carbocycles. The summed E-state index contributed by atoms with van der Waals surface area (Å²) in [6.07, 6.45) is 6.34. The third-order valence-electron chi connectivity index (χ3n) is 3.79. The van der Waals surface area contributed by atoms with Gasteiger partial charge in [-0.2, -0.15) is 11.8 Å². The Kier molecular flexibility index (Phi) is 5.05. The van der Waals surface area contributed by atoms with Crippen molar-refractivity contribution in [2.24, 2.45) is 11.1 Å². The summed E-state index contributed by atoms with van der Waals surface area (Å²) in [5.41, 5.74) is 7.45. The summed E-state index contributed by atoms with van der Waals surface area (Å²) in [5, 5.41) is 0.244. The second kappa shape index (κ2) is 6.59. The molecule has 1 aromatic heterocycles. The number of aromatic nitrogens is 1. The maximum Gasteiger partial charge on any atom is 0.306 e. The maximum absolute atomic E-state index is 11.5. The number of ether oxygens (including phenoxy) is 1. The number of hydrogen-bond donors (Lipinski definition) is 1. The minimum Gasteiger partial charge on any atom is -0.469 e. The van der Waals surface area contributed by atoms with Crippen molar-refractivity contribution in [3.8, 4) is 0 Å². The smallest absolute Gasteiger partial charge is 0.306 e. The highest BCUT2D eigenvalue weighted by atomic mass is 32.2. The van der Waals surface area contributed by atoms with E-state index in [1.807, 2.05) is 30.8 Å². The average molecular weight is 294 g/mol. The van der Waals surface area contributed by atoms with Crippen LogP contribution in [0.25, 0.3) is 0 Å². The van der Waals surface area contributed by atoms with E-state index in [2.05, 4.69) is 4.98 Å². The fraction of sp³-hybridized carbons (Fsp3) is 0.600. The fourth-order valence-corrected chi connectivity index (χ4v) is 3.88. The molecule has 1 fully saturated rings. The van der Waals surface area contributed by atoms with Crippen LogP contribution in [0.4, 0.5) is 0 Å². The number of thioether (sulfide) groups is 1. The Morgan fingerprint density at radius 3 is 2.65 bits per heavy atom. The van der Waals surface area contributed by atoms with Gasteiger partial charge in [0.25, 0.3) is 0 Å². The molecule has 0 spiro atoms. The number of hydrogen-bond acceptors (Lipinski definition) is 5. The van der Waals surface area contributed by atoms with Gasteiger partial charge >= 0.3 is 5.97 Å². The molecule has 0 amide bonds. The summed E-state index contributed by atoms with van der Waals surface area (Å²) in [7, 11) is 1.45. The number of methoxy groups -OCH3 is 1. The summed E-state index contributed by atoms with van der Waals surface area (Å²) >= 11 is 1.84. The number of nitrogens with zero attached hydrogens (tertiary/aromatic N) is 1. The number of pyridine rings is 1. The lowest BCUT2D eigenvalue weighted by atomic mass is 10.1. The van der Waals surface area contributed by atoms with Gasteiger partial charge < -0.3 is 10.5 Å². The molecule has 0 aliphatic heterocycles. The van der Waals surface area contributed by atoms with Gasteiger partial charge in [0.05, 0.1) is 13.5 Å². The predicted molar refractivity (Wildman–Crippen MR) is 81.4 cm³/mol. The molecule has 0 radical (unpaired) electrons. The van der Waals surface area contributed by atoms with Gasteiger partial charge in [0.1, 0.15) is 0 Å². The van der Waals surface area contributed by atoms with Crippen molar-refractivity contribution in [3.63, 3.8) is 0 Å². The van der Waals surface area contributed by atoms with Crippen molar-refractivity contribution in [1.82, 2.24) is 4.98 Å². The number of esters is 1. The van der Waals surface area contributed by atoms with Gasteiger partial charge in [0, 0.05) is 29.4 Å². The first-order chi connectivity index (χ1) is 9.56. The topological polar surface area (TPSA) is 65.2 Å². The van der Waals surface area contributed by atoms with Crippen LogP contribution >= 0.6 is 11.8 Å². The minimum absolute atomic E-state index is 0.0660. The van der Waals surface area contributed by atoms with E-state index < -0.39 is 0 Å². The molecule has 20 heavy (non-hydrogen) atoms. The van der Waals surface area contributed by atoms with Crippen LogP contribution in [-0.4, -0.2) is 29.9 Å². The summed E-state index contributed by atoms with van der Waals surface area (Å²) in [4.78, 5) is 15.5. The first kappa shape index (κ1) is 15.3. The van der Waals surface area contributed by atoms with E-state index in [1.54, 1.807) is 12.4 Å². The summed E-state index contributed by atoms with van der Waals surface area (Å²) in [5.74, 6) is 0.848. The van der Waals surface area contributed by atoms with Crippen LogP contribution in [0.5, 0.6) is 0 Å². The van der Waals surface area contributed by atoms with Gasteiger partial charge in [-0.15, -0.1) is 0 Å². The van der Waals surface area contributed by atoms with Gasteiger partial charge in [0.15, 0.2) is 0 Å². The van der Waals surface area contributed by atoms with Gasteiger partial charge in [-0.05, 0) is 42.9 Å². The van der Waals surface area contributed by atoms with Crippen molar-refractivity contribution in [3.05, 3.63) is 30.1 Å². The highest BCUT2D eigenvalue weighted by Gasteiger charge is 2.45. The lowest BCUT2D eigenvalue weighted by Gasteiger charge is -2.23. The summed E-state index contributed by atoms with van der Waals surface area (Å²) < 4.78 is 4.78. The predicted octanol–water partition coefficient (Wildman–Crippen LogP) is 2.55. The van der Waals surface area contributed by atoms with Crippen molar-refractivity contribution < 1.29 is 9.53 Å². The third kappa shape index (κ3) is 3.96. The van der Waals surface area contributed by atoms with Crippen molar-refractivity contribution in [2.45, 2.75) is 37.5 Å². The van der Waals surface area contributed by atoms with Crippen LogP contribution in [0.1, 0.15) is 37.0 Å². The quantitative estimate of drug-likeness (QED) is 0.783. The zero-order valence-corrected chi connectivity index (χ0v) is 12.9. The largest absolute Gasteiger partial charge is 0.469 e. The van der Waals surface area contributed by atoms with E-state index in [1.165, 1.54) is 12.7 Å². The SMILES string of the molecule is COC(=O)CC1(CSC(c2ccncc2)C(C)N)CC1. The van der Waals surface area contributed by atoms with Crippen LogP contribution in [0, 0.1) is 5.41 Å². The van der Waals surface area contributed by atoms with Crippen LogP contribution < -0.4 is 5.73 Å². The van der Waals surface area contributed by atoms with Crippen molar-refractivity contribution >= 4 is 17.7 Å². The molecule has 1 heterocycles. The second-order valence-electron chi connectivity index (χ2n) is 5.62. The fourth-order valence-electron chi connectivity index (χ4n) is 2.30. The first-order valence-electron chi connectivity index (χ1n) is 6.90. The molecule has 2 unspecified atom stereocenters. The molecule has 0 bridgehead atoms. The number of nitrogens with two attached hydrogens (primary N) is 1. The lowest BCUT2D eigenvalue weighted by Crippen LogP contribution is -2.24. The van der Waals surface area contributed by atoms with E-state index in [9.17, 15) is 4.79 Å². The molecule has 0 saturated heterocycles. The highest BCUT2D eigenvalue weighted by molar-refractivity contribution is 7.99. The molecular weight excluding hydrogens is 272 g/mol. The van der Waals surface area contributed by atoms with E-state index in [0.717, 1.165) is 18.6 Å². The van der Waals surface area contributed by atoms with Gasteiger partial charge in [-0.25, -0.2) is 0 Å². The summed E-state index contributed by atoms with van der Waals surface area (Å²) in [6, 6.07) is 4.10. The van der Waals surface area contributed by atoms with E-state index >= 15 is 0 Å². The third-order valence-corrected chi connectivity index (χ3v) is 5.62. The van der Waals surface area contributed by atoms with Crippen molar-refractivity contribution in [1.29, 1.82) is 0 Å². The van der Waals surface area contributed by atoms with E-state index in [4.69, 9.17) is 10.5 Å². The Morgan fingerprint density at radius 2 is 2.15 bits per heavy atom. The molecule has 1 aromatic rings. The Labute approximate surface area is 124 Å². The van der Waals surface area contributed by atoms with Crippen LogP contribution in [-0.2, 0) is 9.53 Å². The van der Waals surface area contributed by atoms with Gasteiger partial charge in [-0.3, -0.25) is 9.78 Å². The van der Waals surface area contributed by atoms with E-state index in [-0.39, 0.29) is 22.7 Å². The number of carbonyl (C=O) groups excluding carboxylic acids is 1. The lowest BCUT2D eigenvalue weighted by molar-refractivity contribution is -0.141. The van der Waals surface area contributed by atoms with Gasteiger partial charge in [0.2, 0.25) is 0 Å². The molecule has 1 aliphatic carbocycles. The maximum atomic E-state index is 11.5. The Bertz CT molecular complexity index is 446. The number of carbonyl (C=O) groups is 1. The zero-order chi connectivity index (χ0) is 14.6.